The van der Waals surface area contributed by atoms with E-state index in [-0.39, 0.29) is 5.75 Å². The number of ether oxygens (including phenoxy) is 1. The molecule has 0 unspecified atom stereocenters. The quantitative estimate of drug-likeness (QED) is 0.614. The van der Waals surface area contributed by atoms with Crippen molar-refractivity contribution in [2.24, 2.45) is 0 Å². The minimum absolute atomic E-state index is 0.204. The number of hydrogen-bond acceptors (Lipinski definition) is 3. The van der Waals surface area contributed by atoms with Gasteiger partial charge in [-0.05, 0) is 55.2 Å². The summed E-state index contributed by atoms with van der Waals surface area (Å²) in [6.45, 7) is 4.88. The summed E-state index contributed by atoms with van der Waals surface area (Å²) in [4.78, 5) is 11.8. The first-order valence-electron chi connectivity index (χ1n) is 9.18. The number of nitrogens with zero attached hydrogens (tertiary/aromatic N) is 1. The topological polar surface area (TPSA) is 51.5 Å². The Labute approximate surface area is 160 Å². The summed E-state index contributed by atoms with van der Waals surface area (Å²) in [6.07, 6.45) is 2.60. The van der Waals surface area contributed by atoms with Crippen LogP contribution in [0.3, 0.4) is 0 Å². The highest BCUT2D eigenvalue weighted by molar-refractivity contribution is 5.91. The Hall–Kier alpha value is -3.01. The highest BCUT2D eigenvalue weighted by Crippen LogP contribution is 2.34. The van der Waals surface area contributed by atoms with E-state index in [9.17, 15) is 9.90 Å². The predicted molar refractivity (Wildman–Crippen MR) is 108 cm³/mol. The zero-order valence-electron chi connectivity index (χ0n) is 16.0. The lowest BCUT2D eigenvalue weighted by molar-refractivity contribution is 0.112. The van der Waals surface area contributed by atoms with E-state index < -0.39 is 0 Å². The number of rotatable bonds is 7. The first kappa shape index (κ1) is 18.8. The summed E-state index contributed by atoms with van der Waals surface area (Å²) in [6, 6.07) is 15.2. The molecule has 0 spiro atoms. The van der Waals surface area contributed by atoms with Crippen molar-refractivity contribution in [1.82, 2.24) is 4.57 Å². The number of aromatic nitrogens is 1. The molecule has 3 rings (SSSR count). The van der Waals surface area contributed by atoms with Crippen molar-refractivity contribution in [3.63, 3.8) is 0 Å². The molecule has 0 aliphatic carbocycles. The summed E-state index contributed by atoms with van der Waals surface area (Å²) >= 11 is 0. The normalized spacial score (nSPS) is 10.8. The first-order chi connectivity index (χ1) is 13.1. The summed E-state index contributed by atoms with van der Waals surface area (Å²) in [5.41, 5.74) is 5.81. The molecule has 27 heavy (non-hydrogen) atoms. The average molecular weight is 363 g/mol. The van der Waals surface area contributed by atoms with Crippen LogP contribution < -0.4 is 4.74 Å². The number of phenolic OH excluding ortho intramolecular Hbond substituents is 1. The summed E-state index contributed by atoms with van der Waals surface area (Å²) in [5, 5.41) is 9.87. The van der Waals surface area contributed by atoms with E-state index in [0.717, 1.165) is 53.9 Å². The third-order valence-electron chi connectivity index (χ3n) is 5.05. The number of hydrogen-bond donors (Lipinski definition) is 1. The third-order valence-corrected chi connectivity index (χ3v) is 5.05. The minimum Gasteiger partial charge on any atom is -0.508 e. The Morgan fingerprint density at radius 3 is 2.48 bits per heavy atom. The fraction of sp³-hybridized carbons (Fsp3) is 0.261. The van der Waals surface area contributed by atoms with Crippen molar-refractivity contribution in [2.45, 2.75) is 33.2 Å². The molecule has 0 atom stereocenters. The second-order valence-electron chi connectivity index (χ2n) is 6.59. The zero-order valence-corrected chi connectivity index (χ0v) is 16.0. The molecule has 4 heteroatoms. The van der Waals surface area contributed by atoms with E-state index in [2.05, 4.69) is 23.6 Å². The van der Waals surface area contributed by atoms with Gasteiger partial charge in [0.25, 0.3) is 0 Å². The zero-order chi connectivity index (χ0) is 19.4. The molecule has 0 aliphatic rings. The van der Waals surface area contributed by atoms with Gasteiger partial charge in [0, 0.05) is 29.1 Å². The molecule has 1 aromatic heterocycles. The molecule has 0 radical (unpaired) electrons. The Kier molecular flexibility index (Phi) is 5.65. The molecule has 140 valence electrons. The van der Waals surface area contributed by atoms with Gasteiger partial charge in [-0.1, -0.05) is 31.2 Å². The Bertz CT molecular complexity index is 939. The van der Waals surface area contributed by atoms with Gasteiger partial charge in [-0.15, -0.1) is 0 Å². The minimum atomic E-state index is 0.204. The molecular weight excluding hydrogens is 338 g/mol. The largest absolute Gasteiger partial charge is 0.508 e. The molecular formula is C23H25NO3. The molecule has 0 bridgehead atoms. The van der Waals surface area contributed by atoms with Crippen LogP contribution >= 0.6 is 0 Å². The smallest absolute Gasteiger partial charge is 0.152 e. The van der Waals surface area contributed by atoms with E-state index in [1.165, 1.54) is 5.56 Å². The molecule has 0 saturated carbocycles. The number of carbonyl (C=O) groups excluding carboxylic acids is 1. The van der Waals surface area contributed by atoms with Gasteiger partial charge in [0.15, 0.2) is 6.29 Å². The Balaban J connectivity index is 1.98. The van der Waals surface area contributed by atoms with Crippen LogP contribution in [-0.4, -0.2) is 23.1 Å². The molecule has 4 nitrogen and oxygen atoms in total. The van der Waals surface area contributed by atoms with Crippen LogP contribution in [0.15, 0.2) is 48.5 Å². The summed E-state index contributed by atoms with van der Waals surface area (Å²) in [5.74, 6) is 1.05. The second-order valence-corrected chi connectivity index (χ2v) is 6.59. The average Bonchev–Trinajstić information content (AvgIpc) is 2.97. The van der Waals surface area contributed by atoms with Crippen LogP contribution in [0, 0.1) is 6.92 Å². The standard InChI is InChI=1S/C23H25NO3/c1-4-22-23(18-6-5-7-19(26)14-18)21(15-25)16(2)24(22)13-12-17-8-10-20(27-3)11-9-17/h5-11,14-15,26H,4,12-13H2,1-3H3. The summed E-state index contributed by atoms with van der Waals surface area (Å²) < 4.78 is 7.44. The lowest BCUT2D eigenvalue weighted by Gasteiger charge is -2.12. The lowest BCUT2D eigenvalue weighted by atomic mass is 9.99. The van der Waals surface area contributed by atoms with Crippen molar-refractivity contribution >= 4 is 6.29 Å². The first-order valence-corrected chi connectivity index (χ1v) is 9.18. The van der Waals surface area contributed by atoms with Crippen molar-refractivity contribution < 1.29 is 14.6 Å². The molecule has 0 saturated heterocycles. The predicted octanol–water partition coefficient (Wildman–Crippen LogP) is 4.80. The van der Waals surface area contributed by atoms with Gasteiger partial charge < -0.3 is 14.4 Å². The fourth-order valence-corrected chi connectivity index (χ4v) is 3.65. The molecule has 0 fully saturated rings. The lowest BCUT2D eigenvalue weighted by Crippen LogP contribution is -2.07. The summed E-state index contributed by atoms with van der Waals surface area (Å²) in [7, 11) is 1.66. The molecule has 2 aromatic carbocycles. The number of benzene rings is 2. The molecule has 0 aliphatic heterocycles. The molecule has 1 heterocycles. The number of carbonyl (C=O) groups is 1. The van der Waals surface area contributed by atoms with Gasteiger partial charge in [0.05, 0.1) is 7.11 Å². The maximum absolute atomic E-state index is 11.8. The van der Waals surface area contributed by atoms with E-state index >= 15 is 0 Å². The SMILES string of the molecule is CCc1c(-c2cccc(O)c2)c(C=O)c(C)n1CCc1ccc(OC)cc1. The highest BCUT2D eigenvalue weighted by Gasteiger charge is 2.20. The van der Waals surface area contributed by atoms with Crippen molar-refractivity contribution in [3.05, 3.63) is 71.0 Å². The fourth-order valence-electron chi connectivity index (χ4n) is 3.65. The van der Waals surface area contributed by atoms with E-state index in [4.69, 9.17) is 4.74 Å². The van der Waals surface area contributed by atoms with Crippen molar-refractivity contribution in [1.29, 1.82) is 0 Å². The highest BCUT2D eigenvalue weighted by atomic mass is 16.5. The van der Waals surface area contributed by atoms with E-state index in [1.807, 2.05) is 31.2 Å². The van der Waals surface area contributed by atoms with Crippen LogP contribution in [0.25, 0.3) is 11.1 Å². The maximum atomic E-state index is 11.8. The number of aldehydes is 1. The van der Waals surface area contributed by atoms with Crippen molar-refractivity contribution in [3.8, 4) is 22.6 Å². The van der Waals surface area contributed by atoms with Crippen LogP contribution in [0.1, 0.15) is 34.2 Å². The number of phenols is 1. The van der Waals surface area contributed by atoms with Gasteiger partial charge in [-0.3, -0.25) is 4.79 Å². The third kappa shape index (κ3) is 3.75. The number of aryl methyl sites for hydroxylation is 1. The van der Waals surface area contributed by atoms with E-state index in [1.54, 1.807) is 19.2 Å². The van der Waals surface area contributed by atoms with Crippen LogP contribution in [0.4, 0.5) is 0 Å². The maximum Gasteiger partial charge on any atom is 0.152 e. The monoisotopic (exact) mass is 363 g/mol. The van der Waals surface area contributed by atoms with Gasteiger partial charge in [0.1, 0.15) is 11.5 Å². The molecule has 3 aromatic rings. The Morgan fingerprint density at radius 1 is 1.15 bits per heavy atom. The molecule has 0 amide bonds. The Morgan fingerprint density at radius 2 is 1.89 bits per heavy atom. The molecule has 1 N–H and O–H groups in total. The van der Waals surface area contributed by atoms with Gasteiger partial charge in [-0.2, -0.15) is 0 Å². The van der Waals surface area contributed by atoms with Crippen LogP contribution in [-0.2, 0) is 19.4 Å². The van der Waals surface area contributed by atoms with Crippen LogP contribution in [0.5, 0.6) is 11.5 Å². The second kappa shape index (κ2) is 8.12. The van der Waals surface area contributed by atoms with Crippen molar-refractivity contribution in [2.75, 3.05) is 7.11 Å². The number of methoxy groups -OCH3 is 1. The van der Waals surface area contributed by atoms with E-state index in [0.29, 0.717) is 5.56 Å². The van der Waals surface area contributed by atoms with Gasteiger partial charge >= 0.3 is 0 Å². The number of aromatic hydroxyl groups is 1. The van der Waals surface area contributed by atoms with Gasteiger partial charge in [0.2, 0.25) is 0 Å². The van der Waals surface area contributed by atoms with Crippen LogP contribution in [0.2, 0.25) is 0 Å². The van der Waals surface area contributed by atoms with Gasteiger partial charge in [-0.25, -0.2) is 0 Å².